The van der Waals surface area contributed by atoms with E-state index in [2.05, 4.69) is 56.9 Å². The Morgan fingerprint density at radius 1 is 1.24 bits per heavy atom. The second kappa shape index (κ2) is 10.3. The molecule has 1 unspecified atom stereocenters. The Bertz CT molecular complexity index is 372. The lowest BCUT2D eigenvalue weighted by Crippen LogP contribution is -2.34. The average Bonchev–Trinajstić information content (AvgIpc) is 2.91. The highest BCUT2D eigenvalue weighted by Gasteiger charge is 2.13. The van der Waals surface area contributed by atoms with Crippen LogP contribution in [0.4, 0.5) is 0 Å². The number of rotatable bonds is 11. The molecule has 0 amide bonds. The van der Waals surface area contributed by atoms with Crippen LogP contribution in [0.15, 0.2) is 12.3 Å². The predicted octanol–water partition coefficient (Wildman–Crippen LogP) is 4.30. The second-order valence-corrected chi connectivity index (χ2v) is 7.60. The molecular formula is C17H33N3S. The molecule has 0 radical (unpaired) electrons. The minimum atomic E-state index is 0.530. The molecule has 0 saturated carbocycles. The van der Waals surface area contributed by atoms with E-state index in [1.54, 1.807) is 0 Å². The highest BCUT2D eigenvalue weighted by Crippen LogP contribution is 2.16. The van der Waals surface area contributed by atoms with Gasteiger partial charge in [0.2, 0.25) is 0 Å². The van der Waals surface area contributed by atoms with E-state index in [1.807, 2.05) is 11.8 Å². The number of hydrogen-bond acceptors (Lipinski definition) is 3. The van der Waals surface area contributed by atoms with Gasteiger partial charge in [-0.25, -0.2) is 0 Å². The molecule has 0 saturated heterocycles. The number of thioether (sulfide) groups is 1. The fourth-order valence-electron chi connectivity index (χ4n) is 2.45. The third-order valence-electron chi connectivity index (χ3n) is 3.75. The summed E-state index contributed by atoms with van der Waals surface area (Å²) in [6.45, 7) is 12.3. The fraction of sp³-hybridized carbons (Fsp3) is 0.824. The van der Waals surface area contributed by atoms with Crippen LogP contribution in [0.2, 0.25) is 0 Å². The summed E-state index contributed by atoms with van der Waals surface area (Å²) in [5.41, 5.74) is 1.22. The van der Waals surface area contributed by atoms with Crippen LogP contribution in [0.3, 0.4) is 0 Å². The van der Waals surface area contributed by atoms with E-state index in [-0.39, 0.29) is 0 Å². The van der Waals surface area contributed by atoms with Crippen LogP contribution < -0.4 is 5.32 Å². The summed E-state index contributed by atoms with van der Waals surface area (Å²) in [7, 11) is 0. The molecule has 0 aliphatic carbocycles. The van der Waals surface area contributed by atoms with Gasteiger partial charge in [0.25, 0.3) is 0 Å². The van der Waals surface area contributed by atoms with Gasteiger partial charge in [0.1, 0.15) is 0 Å². The van der Waals surface area contributed by atoms with E-state index in [9.17, 15) is 0 Å². The molecule has 1 aromatic heterocycles. The first kappa shape index (κ1) is 18.6. The maximum absolute atomic E-state index is 4.79. The summed E-state index contributed by atoms with van der Waals surface area (Å²) < 4.78 is 2.15. The van der Waals surface area contributed by atoms with Crippen LogP contribution in [-0.2, 0) is 6.42 Å². The van der Waals surface area contributed by atoms with Gasteiger partial charge >= 0.3 is 0 Å². The highest BCUT2D eigenvalue weighted by molar-refractivity contribution is 7.99. The second-order valence-electron chi connectivity index (χ2n) is 5.99. The zero-order valence-electron chi connectivity index (χ0n) is 14.4. The smallest absolute Gasteiger partial charge is 0.0640 e. The topological polar surface area (TPSA) is 29.9 Å². The van der Waals surface area contributed by atoms with E-state index in [0.29, 0.717) is 17.3 Å². The molecule has 0 aromatic carbocycles. The molecule has 1 N–H and O–H groups in total. The van der Waals surface area contributed by atoms with Crippen molar-refractivity contribution in [3.63, 3.8) is 0 Å². The maximum atomic E-state index is 4.79. The average molecular weight is 312 g/mol. The van der Waals surface area contributed by atoms with Gasteiger partial charge in [0, 0.05) is 24.4 Å². The molecule has 21 heavy (non-hydrogen) atoms. The van der Waals surface area contributed by atoms with E-state index in [1.165, 1.54) is 12.1 Å². The third-order valence-corrected chi connectivity index (χ3v) is 5.01. The lowest BCUT2D eigenvalue weighted by atomic mass is 10.2. The molecule has 0 fully saturated rings. The quantitative estimate of drug-likeness (QED) is 0.661. The Kier molecular flexibility index (Phi) is 9.09. The van der Waals surface area contributed by atoms with Crippen LogP contribution in [0, 0.1) is 0 Å². The minimum absolute atomic E-state index is 0.530. The highest BCUT2D eigenvalue weighted by atomic mass is 32.2. The lowest BCUT2D eigenvalue weighted by Gasteiger charge is -2.18. The first-order valence-electron chi connectivity index (χ1n) is 8.49. The molecule has 1 rings (SSSR count). The minimum Gasteiger partial charge on any atom is -0.313 e. The van der Waals surface area contributed by atoms with Crippen molar-refractivity contribution in [1.29, 1.82) is 0 Å². The van der Waals surface area contributed by atoms with Crippen LogP contribution in [0.1, 0.15) is 65.6 Å². The van der Waals surface area contributed by atoms with Crippen LogP contribution in [-0.4, -0.2) is 33.4 Å². The van der Waals surface area contributed by atoms with Crippen molar-refractivity contribution in [1.82, 2.24) is 15.1 Å². The summed E-state index contributed by atoms with van der Waals surface area (Å²) in [5, 5.41) is 9.16. The summed E-state index contributed by atoms with van der Waals surface area (Å²) in [4.78, 5) is 0. The fourth-order valence-corrected chi connectivity index (χ4v) is 3.30. The van der Waals surface area contributed by atoms with Crippen molar-refractivity contribution in [2.24, 2.45) is 0 Å². The molecule has 4 heteroatoms. The largest absolute Gasteiger partial charge is 0.313 e. The summed E-state index contributed by atoms with van der Waals surface area (Å²) >= 11 is 2.03. The molecule has 3 nitrogen and oxygen atoms in total. The van der Waals surface area contributed by atoms with Gasteiger partial charge in [-0.15, -0.1) is 0 Å². The first-order valence-corrected chi connectivity index (χ1v) is 9.54. The number of hydrogen-bond donors (Lipinski definition) is 1. The van der Waals surface area contributed by atoms with Crippen molar-refractivity contribution in [2.75, 3.05) is 12.3 Å². The number of nitrogens with one attached hydrogen (secondary N) is 1. The number of aromatic nitrogens is 2. The monoisotopic (exact) mass is 311 g/mol. The molecular weight excluding hydrogens is 278 g/mol. The van der Waals surface area contributed by atoms with Gasteiger partial charge in [-0.1, -0.05) is 34.6 Å². The van der Waals surface area contributed by atoms with Gasteiger partial charge in [-0.2, -0.15) is 16.9 Å². The standard InChI is InChI=1S/C17H33N3S/c1-6-10-18-16(13-21-14(4)5)12-15-9-11-20(19-15)17(7-2)8-3/h9,11,14,16-18H,6-8,10,12-13H2,1-5H3. The van der Waals surface area contributed by atoms with Crippen LogP contribution >= 0.6 is 11.8 Å². The molecule has 0 spiro atoms. The molecule has 1 aromatic rings. The molecule has 122 valence electrons. The van der Waals surface area contributed by atoms with E-state index in [0.717, 1.165) is 31.6 Å². The van der Waals surface area contributed by atoms with E-state index in [4.69, 9.17) is 5.10 Å². The van der Waals surface area contributed by atoms with Gasteiger partial charge in [-0.3, -0.25) is 4.68 Å². The SMILES string of the molecule is CCCNC(CSC(C)C)Cc1ccn(C(CC)CC)n1. The summed E-state index contributed by atoms with van der Waals surface area (Å²) in [5.74, 6) is 1.16. The molecule has 0 bridgehead atoms. The maximum Gasteiger partial charge on any atom is 0.0640 e. The van der Waals surface area contributed by atoms with Gasteiger partial charge in [-0.05, 0) is 37.1 Å². The van der Waals surface area contributed by atoms with Crippen molar-refractivity contribution < 1.29 is 0 Å². The normalized spacial score (nSPS) is 13.3. The third kappa shape index (κ3) is 6.88. The molecule has 0 aliphatic heterocycles. The first-order chi connectivity index (χ1) is 10.1. The van der Waals surface area contributed by atoms with Crippen LogP contribution in [0.25, 0.3) is 0 Å². The van der Waals surface area contributed by atoms with Crippen LogP contribution in [0.5, 0.6) is 0 Å². The van der Waals surface area contributed by atoms with Crippen molar-refractivity contribution in [3.05, 3.63) is 18.0 Å². The van der Waals surface area contributed by atoms with Crippen molar-refractivity contribution in [3.8, 4) is 0 Å². The van der Waals surface area contributed by atoms with Gasteiger partial charge < -0.3 is 5.32 Å². The zero-order chi connectivity index (χ0) is 15.7. The van der Waals surface area contributed by atoms with Gasteiger partial charge in [0.05, 0.1) is 11.7 Å². The Hall–Kier alpha value is -0.480. The van der Waals surface area contributed by atoms with Gasteiger partial charge in [0.15, 0.2) is 0 Å². The number of nitrogens with zero attached hydrogens (tertiary/aromatic N) is 2. The Labute approximate surface area is 135 Å². The lowest BCUT2D eigenvalue weighted by molar-refractivity contribution is 0.423. The van der Waals surface area contributed by atoms with E-state index >= 15 is 0 Å². The Morgan fingerprint density at radius 2 is 1.95 bits per heavy atom. The van der Waals surface area contributed by atoms with E-state index < -0.39 is 0 Å². The summed E-state index contributed by atoms with van der Waals surface area (Å²) in [6, 6.07) is 3.27. The van der Waals surface area contributed by atoms with Crippen molar-refractivity contribution >= 4 is 11.8 Å². The summed E-state index contributed by atoms with van der Waals surface area (Å²) in [6.07, 6.45) is 6.67. The van der Waals surface area contributed by atoms with Crippen molar-refractivity contribution in [2.45, 2.75) is 77.6 Å². The predicted molar refractivity (Wildman–Crippen MR) is 95.2 cm³/mol. The molecule has 1 atom stereocenters. The zero-order valence-corrected chi connectivity index (χ0v) is 15.2. The Balaban J connectivity index is 2.60. The Morgan fingerprint density at radius 3 is 2.52 bits per heavy atom. The molecule has 1 heterocycles. The molecule has 0 aliphatic rings.